The highest BCUT2D eigenvalue weighted by atomic mass is 16.5. The maximum absolute atomic E-state index is 10.3. The van der Waals surface area contributed by atoms with E-state index in [-0.39, 0.29) is 6.10 Å². The van der Waals surface area contributed by atoms with Crippen LogP contribution in [0.3, 0.4) is 0 Å². The molecule has 1 aromatic rings. The maximum Gasteiger partial charge on any atom is 0.131 e. The van der Waals surface area contributed by atoms with Crippen LogP contribution in [0.4, 0.5) is 11.6 Å². The molecular weight excluding hydrogens is 220 g/mol. The molecule has 0 bridgehead atoms. The van der Waals surface area contributed by atoms with E-state index in [1.165, 1.54) is 6.33 Å². The molecular formula is C11H18N4O2. The number of nitrogens with zero attached hydrogens (tertiary/aromatic N) is 2. The van der Waals surface area contributed by atoms with Gasteiger partial charge in [0.2, 0.25) is 0 Å². The first-order valence-corrected chi connectivity index (χ1v) is 5.72. The molecule has 6 nitrogen and oxygen atoms in total. The summed E-state index contributed by atoms with van der Waals surface area (Å²) >= 11 is 0. The van der Waals surface area contributed by atoms with E-state index in [4.69, 9.17) is 4.74 Å². The Morgan fingerprint density at radius 2 is 2.29 bits per heavy atom. The Morgan fingerprint density at radius 1 is 1.53 bits per heavy atom. The van der Waals surface area contributed by atoms with E-state index in [1.54, 1.807) is 13.1 Å². The van der Waals surface area contributed by atoms with Crippen molar-refractivity contribution in [3.05, 3.63) is 12.4 Å². The van der Waals surface area contributed by atoms with Crippen molar-refractivity contribution in [3.8, 4) is 0 Å². The number of rotatable bonds is 4. The van der Waals surface area contributed by atoms with Gasteiger partial charge in [0.1, 0.15) is 23.6 Å². The molecule has 2 atom stereocenters. The van der Waals surface area contributed by atoms with Crippen LogP contribution in [0.1, 0.15) is 13.3 Å². The van der Waals surface area contributed by atoms with Gasteiger partial charge in [0.15, 0.2) is 0 Å². The van der Waals surface area contributed by atoms with Gasteiger partial charge in [-0.3, -0.25) is 0 Å². The predicted molar refractivity (Wildman–Crippen MR) is 65.0 cm³/mol. The summed E-state index contributed by atoms with van der Waals surface area (Å²) in [6.45, 7) is 2.91. The number of anilines is 2. The zero-order valence-electron chi connectivity index (χ0n) is 10.1. The molecule has 2 rings (SSSR count). The second-order valence-corrected chi connectivity index (χ2v) is 4.26. The standard InChI is InChI=1S/C11H18N4O2/c1-8-11(16,3-4-17-8)6-13-10-5-9(12-2)14-7-15-10/h5,7-8,16H,3-4,6H2,1-2H3,(H2,12,13,14,15). The minimum Gasteiger partial charge on any atom is -0.385 e. The number of aliphatic hydroxyl groups is 1. The molecule has 94 valence electrons. The highest BCUT2D eigenvalue weighted by molar-refractivity contribution is 5.46. The highest BCUT2D eigenvalue weighted by Gasteiger charge is 2.39. The predicted octanol–water partition coefficient (Wildman–Crippen LogP) is 0.470. The minimum absolute atomic E-state index is 0.152. The molecule has 6 heteroatoms. The van der Waals surface area contributed by atoms with Crippen molar-refractivity contribution in [1.82, 2.24) is 9.97 Å². The van der Waals surface area contributed by atoms with Gasteiger partial charge in [-0.1, -0.05) is 0 Å². The fraction of sp³-hybridized carbons (Fsp3) is 0.636. The molecule has 3 N–H and O–H groups in total. The third-order valence-corrected chi connectivity index (χ3v) is 3.16. The first-order chi connectivity index (χ1) is 8.14. The lowest BCUT2D eigenvalue weighted by Crippen LogP contribution is -2.43. The summed E-state index contributed by atoms with van der Waals surface area (Å²) in [5.74, 6) is 1.43. The third kappa shape index (κ3) is 2.65. The molecule has 17 heavy (non-hydrogen) atoms. The summed E-state index contributed by atoms with van der Waals surface area (Å²) in [7, 11) is 1.80. The van der Waals surface area contributed by atoms with Gasteiger partial charge >= 0.3 is 0 Å². The van der Waals surface area contributed by atoms with Crippen molar-refractivity contribution in [2.75, 3.05) is 30.8 Å². The quantitative estimate of drug-likeness (QED) is 0.707. The Morgan fingerprint density at radius 3 is 2.94 bits per heavy atom. The fourth-order valence-electron chi connectivity index (χ4n) is 1.84. The van der Waals surface area contributed by atoms with Crippen LogP contribution in [0.5, 0.6) is 0 Å². The first kappa shape index (κ1) is 12.1. The van der Waals surface area contributed by atoms with Gasteiger partial charge in [-0.2, -0.15) is 0 Å². The third-order valence-electron chi connectivity index (χ3n) is 3.16. The van der Waals surface area contributed by atoms with Crippen LogP contribution in [0, 0.1) is 0 Å². The Bertz CT molecular complexity index is 387. The second-order valence-electron chi connectivity index (χ2n) is 4.26. The number of nitrogens with one attached hydrogen (secondary N) is 2. The molecule has 2 heterocycles. The Hall–Kier alpha value is -1.40. The average Bonchev–Trinajstić information content (AvgIpc) is 2.68. The van der Waals surface area contributed by atoms with Crippen LogP contribution < -0.4 is 10.6 Å². The summed E-state index contributed by atoms with van der Waals surface area (Å²) in [5.41, 5.74) is -0.815. The lowest BCUT2D eigenvalue weighted by atomic mass is 9.97. The molecule has 0 aromatic carbocycles. The van der Waals surface area contributed by atoms with Crippen LogP contribution in [0.25, 0.3) is 0 Å². The first-order valence-electron chi connectivity index (χ1n) is 5.72. The van der Waals surface area contributed by atoms with Gasteiger partial charge in [-0.25, -0.2) is 9.97 Å². The van der Waals surface area contributed by atoms with E-state index in [2.05, 4.69) is 20.6 Å². The number of hydrogen-bond donors (Lipinski definition) is 3. The fourth-order valence-corrected chi connectivity index (χ4v) is 1.84. The van der Waals surface area contributed by atoms with Crippen LogP contribution >= 0.6 is 0 Å². The Kier molecular flexibility index (Phi) is 3.44. The van der Waals surface area contributed by atoms with Crippen molar-refractivity contribution >= 4 is 11.6 Å². The average molecular weight is 238 g/mol. The normalized spacial score (nSPS) is 28.1. The summed E-state index contributed by atoms with van der Waals surface area (Å²) in [6, 6.07) is 1.80. The van der Waals surface area contributed by atoms with Gasteiger partial charge in [0.05, 0.1) is 6.10 Å². The monoisotopic (exact) mass is 238 g/mol. The van der Waals surface area contributed by atoms with Gasteiger partial charge in [-0.05, 0) is 6.92 Å². The minimum atomic E-state index is -0.815. The molecule has 0 spiro atoms. The van der Waals surface area contributed by atoms with E-state index >= 15 is 0 Å². The summed E-state index contributed by atoms with van der Waals surface area (Å²) in [6.07, 6.45) is 1.97. The SMILES string of the molecule is CNc1cc(NCC2(O)CCOC2C)ncn1. The van der Waals surface area contributed by atoms with Crippen molar-refractivity contribution in [2.24, 2.45) is 0 Å². The molecule has 0 radical (unpaired) electrons. The van der Waals surface area contributed by atoms with Gasteiger partial charge < -0.3 is 20.5 Å². The number of aromatic nitrogens is 2. The zero-order chi connectivity index (χ0) is 12.3. The molecule has 1 aliphatic rings. The zero-order valence-corrected chi connectivity index (χ0v) is 10.1. The molecule has 2 unspecified atom stereocenters. The van der Waals surface area contributed by atoms with Crippen LogP contribution in [0.2, 0.25) is 0 Å². The van der Waals surface area contributed by atoms with Gasteiger partial charge in [0, 0.05) is 32.7 Å². The summed E-state index contributed by atoms with van der Waals surface area (Å²) in [5, 5.41) is 16.3. The molecule has 1 fully saturated rings. The molecule has 0 aliphatic carbocycles. The van der Waals surface area contributed by atoms with Crippen molar-refractivity contribution in [1.29, 1.82) is 0 Å². The van der Waals surface area contributed by atoms with Gasteiger partial charge in [-0.15, -0.1) is 0 Å². The molecule has 1 aliphatic heterocycles. The highest BCUT2D eigenvalue weighted by Crippen LogP contribution is 2.25. The summed E-state index contributed by atoms with van der Waals surface area (Å²) in [4.78, 5) is 8.11. The van der Waals surface area contributed by atoms with Crippen molar-refractivity contribution in [3.63, 3.8) is 0 Å². The number of hydrogen-bond acceptors (Lipinski definition) is 6. The maximum atomic E-state index is 10.3. The molecule has 1 aromatic heterocycles. The summed E-state index contributed by atoms with van der Waals surface area (Å²) < 4.78 is 5.37. The molecule has 0 amide bonds. The Labute approximate surface area is 100 Å². The topological polar surface area (TPSA) is 79.3 Å². The smallest absolute Gasteiger partial charge is 0.131 e. The van der Waals surface area contributed by atoms with Crippen LogP contribution in [0.15, 0.2) is 12.4 Å². The van der Waals surface area contributed by atoms with E-state index in [0.717, 1.165) is 5.82 Å². The van der Waals surface area contributed by atoms with Crippen molar-refractivity contribution < 1.29 is 9.84 Å². The van der Waals surface area contributed by atoms with Crippen LogP contribution in [-0.2, 0) is 4.74 Å². The lowest BCUT2D eigenvalue weighted by Gasteiger charge is -2.26. The van der Waals surface area contributed by atoms with E-state index in [9.17, 15) is 5.11 Å². The van der Waals surface area contributed by atoms with E-state index in [0.29, 0.717) is 25.4 Å². The molecule has 1 saturated heterocycles. The van der Waals surface area contributed by atoms with Crippen LogP contribution in [-0.4, -0.2) is 47.0 Å². The molecule has 0 saturated carbocycles. The van der Waals surface area contributed by atoms with E-state index in [1.807, 2.05) is 6.92 Å². The lowest BCUT2D eigenvalue weighted by molar-refractivity contribution is -0.0176. The second kappa shape index (κ2) is 4.85. The van der Waals surface area contributed by atoms with Gasteiger partial charge in [0.25, 0.3) is 0 Å². The van der Waals surface area contributed by atoms with Crippen molar-refractivity contribution in [2.45, 2.75) is 25.0 Å². The largest absolute Gasteiger partial charge is 0.385 e. The number of ether oxygens (including phenoxy) is 1. The van der Waals surface area contributed by atoms with E-state index < -0.39 is 5.60 Å². The Balaban J connectivity index is 1.97.